The fourth-order valence-electron chi connectivity index (χ4n) is 2.46. The van der Waals surface area contributed by atoms with Gasteiger partial charge in [-0.2, -0.15) is 0 Å². The standard InChI is InChI=1S/C15H23N3O2/c1-15(2)10-18(6-5-17(15)3)14(19)11-7-12(16)9-13(8-11)20-4/h7-9H,5-6,10,16H2,1-4H3. The Labute approximate surface area is 120 Å². The van der Waals surface area contributed by atoms with Gasteiger partial charge in [0.25, 0.3) is 5.91 Å². The van der Waals surface area contributed by atoms with E-state index in [1.54, 1.807) is 25.3 Å². The number of piperazine rings is 1. The first kappa shape index (κ1) is 14.7. The third-order valence-corrected chi connectivity index (χ3v) is 4.02. The summed E-state index contributed by atoms with van der Waals surface area (Å²) in [4.78, 5) is 16.8. The van der Waals surface area contributed by atoms with Gasteiger partial charge in [0.2, 0.25) is 0 Å². The van der Waals surface area contributed by atoms with Gasteiger partial charge < -0.3 is 15.4 Å². The Morgan fingerprint density at radius 3 is 2.60 bits per heavy atom. The van der Waals surface area contributed by atoms with Crippen molar-refractivity contribution in [3.8, 4) is 5.75 Å². The predicted octanol–water partition coefficient (Wildman–Crippen LogP) is 1.44. The Bertz CT molecular complexity index is 514. The van der Waals surface area contributed by atoms with Gasteiger partial charge in [0, 0.05) is 42.5 Å². The lowest BCUT2D eigenvalue weighted by molar-refractivity contribution is 0.0311. The van der Waals surface area contributed by atoms with Gasteiger partial charge in [0.05, 0.1) is 7.11 Å². The Kier molecular flexibility index (Phi) is 3.90. The van der Waals surface area contributed by atoms with E-state index in [1.165, 1.54) is 0 Å². The lowest BCUT2D eigenvalue weighted by Crippen LogP contribution is -2.58. The van der Waals surface area contributed by atoms with Crippen LogP contribution >= 0.6 is 0 Å². The molecule has 0 atom stereocenters. The highest BCUT2D eigenvalue weighted by Gasteiger charge is 2.33. The molecule has 1 amide bonds. The number of carbonyl (C=O) groups excluding carboxylic acids is 1. The zero-order chi connectivity index (χ0) is 14.9. The van der Waals surface area contributed by atoms with Gasteiger partial charge in [0.1, 0.15) is 5.75 Å². The molecule has 0 unspecified atom stereocenters. The molecule has 5 nitrogen and oxygen atoms in total. The van der Waals surface area contributed by atoms with E-state index < -0.39 is 0 Å². The van der Waals surface area contributed by atoms with Crippen molar-refractivity contribution in [2.45, 2.75) is 19.4 Å². The quantitative estimate of drug-likeness (QED) is 0.831. The third kappa shape index (κ3) is 2.88. The topological polar surface area (TPSA) is 58.8 Å². The van der Waals surface area contributed by atoms with E-state index in [9.17, 15) is 4.79 Å². The Morgan fingerprint density at radius 2 is 2.00 bits per heavy atom. The maximum absolute atomic E-state index is 12.6. The number of benzene rings is 1. The predicted molar refractivity (Wildman–Crippen MR) is 80.0 cm³/mol. The van der Waals surface area contributed by atoms with Gasteiger partial charge in [0.15, 0.2) is 0 Å². The zero-order valence-electron chi connectivity index (χ0n) is 12.6. The zero-order valence-corrected chi connectivity index (χ0v) is 12.6. The number of hydrogen-bond acceptors (Lipinski definition) is 4. The molecule has 20 heavy (non-hydrogen) atoms. The van der Waals surface area contributed by atoms with Gasteiger partial charge in [-0.3, -0.25) is 9.69 Å². The summed E-state index contributed by atoms with van der Waals surface area (Å²) in [5.41, 5.74) is 6.93. The lowest BCUT2D eigenvalue weighted by atomic mass is 9.99. The first-order chi connectivity index (χ1) is 9.33. The smallest absolute Gasteiger partial charge is 0.254 e. The lowest BCUT2D eigenvalue weighted by Gasteiger charge is -2.45. The van der Waals surface area contributed by atoms with Crippen LogP contribution in [0.15, 0.2) is 18.2 Å². The number of ether oxygens (including phenoxy) is 1. The first-order valence-electron chi connectivity index (χ1n) is 6.78. The summed E-state index contributed by atoms with van der Waals surface area (Å²) in [5.74, 6) is 0.624. The van der Waals surface area contributed by atoms with Crippen molar-refractivity contribution < 1.29 is 9.53 Å². The van der Waals surface area contributed by atoms with E-state index >= 15 is 0 Å². The largest absolute Gasteiger partial charge is 0.497 e. The van der Waals surface area contributed by atoms with E-state index in [2.05, 4.69) is 25.8 Å². The number of carbonyl (C=O) groups is 1. The Morgan fingerprint density at radius 1 is 1.30 bits per heavy atom. The number of nitrogens with zero attached hydrogens (tertiary/aromatic N) is 2. The maximum atomic E-state index is 12.6. The fourth-order valence-corrected chi connectivity index (χ4v) is 2.46. The van der Waals surface area contributed by atoms with Crippen LogP contribution in [0.3, 0.4) is 0 Å². The Hall–Kier alpha value is -1.75. The number of nitrogens with two attached hydrogens (primary N) is 1. The average molecular weight is 277 g/mol. The van der Waals surface area contributed by atoms with Crippen molar-refractivity contribution in [3.63, 3.8) is 0 Å². The number of methoxy groups -OCH3 is 1. The minimum Gasteiger partial charge on any atom is -0.497 e. The summed E-state index contributed by atoms with van der Waals surface area (Å²) >= 11 is 0. The van der Waals surface area contributed by atoms with E-state index in [4.69, 9.17) is 10.5 Å². The van der Waals surface area contributed by atoms with Crippen LogP contribution in [0.1, 0.15) is 24.2 Å². The number of hydrogen-bond donors (Lipinski definition) is 1. The summed E-state index contributed by atoms with van der Waals surface area (Å²) < 4.78 is 5.17. The number of nitrogen functional groups attached to an aromatic ring is 1. The van der Waals surface area contributed by atoms with Crippen LogP contribution in [0, 0.1) is 0 Å². The monoisotopic (exact) mass is 277 g/mol. The summed E-state index contributed by atoms with van der Waals surface area (Å²) in [5, 5.41) is 0. The molecule has 0 radical (unpaired) electrons. The molecule has 1 aromatic rings. The summed E-state index contributed by atoms with van der Waals surface area (Å²) in [6.45, 7) is 6.60. The van der Waals surface area contributed by atoms with Gasteiger partial charge in [-0.25, -0.2) is 0 Å². The molecular formula is C15H23N3O2. The highest BCUT2D eigenvalue weighted by Crippen LogP contribution is 2.23. The molecule has 0 aliphatic carbocycles. The SMILES string of the molecule is COc1cc(N)cc(C(=O)N2CCN(C)C(C)(C)C2)c1. The Balaban J connectivity index is 2.21. The van der Waals surface area contributed by atoms with Crippen molar-refractivity contribution in [2.75, 3.05) is 39.5 Å². The average Bonchev–Trinajstić information content (AvgIpc) is 2.40. The van der Waals surface area contributed by atoms with E-state index in [1.807, 2.05) is 4.90 Å². The summed E-state index contributed by atoms with van der Waals surface area (Å²) in [6.07, 6.45) is 0. The van der Waals surface area contributed by atoms with Crippen molar-refractivity contribution in [1.29, 1.82) is 0 Å². The summed E-state index contributed by atoms with van der Waals surface area (Å²) in [6, 6.07) is 5.16. The number of rotatable bonds is 2. The van der Waals surface area contributed by atoms with Crippen molar-refractivity contribution in [2.24, 2.45) is 0 Å². The van der Waals surface area contributed by atoms with E-state index in [0.29, 0.717) is 23.5 Å². The number of amides is 1. The second-order valence-electron chi connectivity index (χ2n) is 5.96. The van der Waals surface area contributed by atoms with Crippen molar-refractivity contribution in [1.82, 2.24) is 9.80 Å². The molecule has 1 fully saturated rings. The molecule has 0 aromatic heterocycles. The molecule has 1 aliphatic rings. The van der Waals surface area contributed by atoms with Gasteiger partial charge in [-0.05, 0) is 33.0 Å². The molecule has 0 spiro atoms. The molecule has 1 heterocycles. The summed E-state index contributed by atoms with van der Waals surface area (Å²) in [7, 11) is 3.66. The van der Waals surface area contributed by atoms with Crippen molar-refractivity contribution >= 4 is 11.6 Å². The second-order valence-corrected chi connectivity index (χ2v) is 5.96. The van der Waals surface area contributed by atoms with Crippen molar-refractivity contribution in [3.05, 3.63) is 23.8 Å². The molecular weight excluding hydrogens is 254 g/mol. The van der Waals surface area contributed by atoms with Gasteiger partial charge in [-0.15, -0.1) is 0 Å². The molecule has 2 N–H and O–H groups in total. The molecule has 2 rings (SSSR count). The highest BCUT2D eigenvalue weighted by molar-refractivity contribution is 5.95. The van der Waals surface area contributed by atoms with Crippen LogP contribution in [0.25, 0.3) is 0 Å². The van der Waals surface area contributed by atoms with Crippen LogP contribution in [0.5, 0.6) is 5.75 Å². The number of anilines is 1. The minimum atomic E-state index is -0.0156. The molecule has 0 saturated carbocycles. The highest BCUT2D eigenvalue weighted by atomic mass is 16.5. The molecule has 1 aromatic carbocycles. The van der Waals surface area contributed by atoms with Crippen LogP contribution in [-0.4, -0.2) is 55.0 Å². The van der Waals surface area contributed by atoms with E-state index in [0.717, 1.165) is 13.1 Å². The fraction of sp³-hybridized carbons (Fsp3) is 0.533. The van der Waals surface area contributed by atoms with Crippen LogP contribution in [0.2, 0.25) is 0 Å². The van der Waals surface area contributed by atoms with Crippen LogP contribution in [0.4, 0.5) is 5.69 Å². The maximum Gasteiger partial charge on any atom is 0.254 e. The molecule has 0 bridgehead atoms. The third-order valence-electron chi connectivity index (χ3n) is 4.02. The number of likely N-dealkylation sites (N-methyl/N-ethyl adjacent to an activating group) is 1. The molecule has 1 saturated heterocycles. The minimum absolute atomic E-state index is 0.0109. The first-order valence-corrected chi connectivity index (χ1v) is 6.78. The second kappa shape index (κ2) is 5.32. The molecule has 110 valence electrons. The van der Waals surface area contributed by atoms with Gasteiger partial charge in [-0.1, -0.05) is 0 Å². The van der Waals surface area contributed by atoms with Gasteiger partial charge >= 0.3 is 0 Å². The van der Waals surface area contributed by atoms with E-state index in [-0.39, 0.29) is 11.4 Å². The normalized spacial score (nSPS) is 18.9. The molecule has 1 aliphatic heterocycles. The van der Waals surface area contributed by atoms with Crippen LogP contribution < -0.4 is 10.5 Å². The molecule has 5 heteroatoms. The van der Waals surface area contributed by atoms with Crippen LogP contribution in [-0.2, 0) is 0 Å².